The highest BCUT2D eigenvalue weighted by Crippen LogP contribution is 2.15. The van der Waals surface area contributed by atoms with E-state index in [1.807, 2.05) is 13.8 Å². The number of nitrogens with one attached hydrogen (secondary N) is 1. The molecule has 0 bridgehead atoms. The van der Waals surface area contributed by atoms with Crippen LogP contribution in [-0.4, -0.2) is 59.7 Å². The zero-order valence-corrected chi connectivity index (χ0v) is 13.1. The van der Waals surface area contributed by atoms with Crippen LogP contribution in [0.1, 0.15) is 20.3 Å². The number of aromatic nitrogens is 2. The molecule has 0 aliphatic carbocycles. The fraction of sp³-hybridized carbons (Fsp3) is 0.538. The van der Waals surface area contributed by atoms with Crippen molar-refractivity contribution in [1.29, 1.82) is 0 Å². The van der Waals surface area contributed by atoms with Gasteiger partial charge in [-0.05, 0) is 20.3 Å². The quantitative estimate of drug-likeness (QED) is 0.828. The van der Waals surface area contributed by atoms with Gasteiger partial charge in [-0.1, -0.05) is 5.57 Å². The molecule has 1 aliphatic rings. The van der Waals surface area contributed by atoms with Crippen molar-refractivity contribution in [3.8, 4) is 0 Å². The van der Waals surface area contributed by atoms with Gasteiger partial charge in [0.15, 0.2) is 5.03 Å². The summed E-state index contributed by atoms with van der Waals surface area (Å²) in [5, 5.41) is 0.0894. The van der Waals surface area contributed by atoms with Crippen LogP contribution in [0, 0.1) is 0 Å². The summed E-state index contributed by atoms with van der Waals surface area (Å²) < 4.78 is 26.2. The molecule has 8 heteroatoms. The van der Waals surface area contributed by atoms with Crippen molar-refractivity contribution in [2.45, 2.75) is 25.3 Å². The number of aromatic amines is 1. The molecule has 21 heavy (non-hydrogen) atoms. The minimum absolute atomic E-state index is 0.0595. The van der Waals surface area contributed by atoms with Crippen LogP contribution in [0.5, 0.6) is 0 Å². The largest absolute Gasteiger partial charge is 0.338 e. The predicted octanol–water partition coefficient (Wildman–Crippen LogP) is 0.599. The molecule has 1 amide bonds. The molecule has 2 heterocycles. The van der Waals surface area contributed by atoms with Crippen molar-refractivity contribution in [2.24, 2.45) is 0 Å². The Morgan fingerprint density at radius 2 is 2.05 bits per heavy atom. The minimum Gasteiger partial charge on any atom is -0.338 e. The normalized spacial score (nSPS) is 17.3. The summed E-state index contributed by atoms with van der Waals surface area (Å²) >= 11 is 0. The first kappa shape index (κ1) is 15.7. The van der Waals surface area contributed by atoms with Crippen LogP contribution >= 0.6 is 0 Å². The van der Waals surface area contributed by atoms with E-state index in [-0.39, 0.29) is 10.9 Å². The molecule has 1 aromatic rings. The Bertz CT molecular complexity index is 618. The van der Waals surface area contributed by atoms with Crippen molar-refractivity contribution < 1.29 is 13.2 Å². The number of H-pyrrole nitrogens is 1. The molecule has 0 atom stereocenters. The summed E-state index contributed by atoms with van der Waals surface area (Å²) in [6.07, 6.45) is 4.84. The molecule has 1 saturated heterocycles. The summed E-state index contributed by atoms with van der Waals surface area (Å²) in [5.41, 5.74) is 0.936. The lowest BCUT2D eigenvalue weighted by Gasteiger charge is -2.20. The Labute approximate surface area is 124 Å². The second-order valence-electron chi connectivity index (χ2n) is 5.22. The van der Waals surface area contributed by atoms with E-state index >= 15 is 0 Å². The first-order valence-corrected chi connectivity index (χ1v) is 8.27. The van der Waals surface area contributed by atoms with Gasteiger partial charge in [0.2, 0.25) is 5.91 Å². The van der Waals surface area contributed by atoms with Crippen LogP contribution in [0.2, 0.25) is 0 Å². The van der Waals surface area contributed by atoms with Crippen LogP contribution < -0.4 is 0 Å². The van der Waals surface area contributed by atoms with Crippen molar-refractivity contribution in [3.63, 3.8) is 0 Å². The van der Waals surface area contributed by atoms with E-state index in [0.717, 1.165) is 5.57 Å². The lowest BCUT2D eigenvalue weighted by Crippen LogP contribution is -2.37. The standard InChI is InChI=1S/C13H20N4O3S/c1-11(2)8-13(18)16-4-3-5-17(7-6-16)21(19,20)12-9-14-10-15-12/h8-10H,3-7H2,1-2H3,(H,14,15). The number of hydrogen-bond donors (Lipinski definition) is 1. The Hall–Kier alpha value is -1.67. The van der Waals surface area contributed by atoms with Gasteiger partial charge >= 0.3 is 0 Å². The number of carbonyl (C=O) groups is 1. The topological polar surface area (TPSA) is 86.4 Å². The third-order valence-electron chi connectivity index (χ3n) is 3.27. The molecule has 1 fully saturated rings. The fourth-order valence-corrected chi connectivity index (χ4v) is 3.58. The number of nitrogens with zero attached hydrogens (tertiary/aromatic N) is 3. The lowest BCUT2D eigenvalue weighted by molar-refractivity contribution is -0.125. The van der Waals surface area contributed by atoms with E-state index in [4.69, 9.17) is 0 Å². The van der Waals surface area contributed by atoms with Gasteiger partial charge in [0.1, 0.15) is 0 Å². The first-order valence-electron chi connectivity index (χ1n) is 6.83. The van der Waals surface area contributed by atoms with Crippen molar-refractivity contribution in [3.05, 3.63) is 24.2 Å². The number of amides is 1. The average molecular weight is 312 g/mol. The maximum Gasteiger partial charge on any atom is 0.260 e. The van der Waals surface area contributed by atoms with Crippen LogP contribution in [0.15, 0.2) is 29.2 Å². The fourth-order valence-electron chi connectivity index (χ4n) is 2.22. The predicted molar refractivity (Wildman–Crippen MR) is 78.0 cm³/mol. The van der Waals surface area contributed by atoms with Crippen LogP contribution in [-0.2, 0) is 14.8 Å². The molecule has 0 spiro atoms. The molecule has 0 radical (unpaired) electrons. The number of allylic oxidation sites excluding steroid dienone is 1. The number of imidazole rings is 1. The summed E-state index contributed by atoms with van der Waals surface area (Å²) in [6.45, 7) is 5.40. The number of hydrogen-bond acceptors (Lipinski definition) is 4. The van der Waals surface area contributed by atoms with E-state index in [1.165, 1.54) is 16.8 Å². The summed E-state index contributed by atoms with van der Waals surface area (Å²) in [5.74, 6) is -0.0595. The molecule has 0 aromatic carbocycles. The Balaban J connectivity index is 2.08. The molecule has 116 valence electrons. The van der Waals surface area contributed by atoms with Crippen molar-refractivity contribution in [2.75, 3.05) is 26.2 Å². The van der Waals surface area contributed by atoms with E-state index < -0.39 is 10.0 Å². The molecular weight excluding hydrogens is 292 g/mol. The molecule has 0 unspecified atom stereocenters. The van der Waals surface area contributed by atoms with Crippen molar-refractivity contribution >= 4 is 15.9 Å². The average Bonchev–Trinajstić information content (AvgIpc) is 2.82. The number of rotatable bonds is 3. The Kier molecular flexibility index (Phi) is 4.79. The third kappa shape index (κ3) is 3.70. The second kappa shape index (κ2) is 6.40. The van der Waals surface area contributed by atoms with Crippen molar-refractivity contribution in [1.82, 2.24) is 19.2 Å². The molecule has 1 aromatic heterocycles. The molecule has 1 aliphatic heterocycles. The lowest BCUT2D eigenvalue weighted by atomic mass is 10.3. The molecule has 7 nitrogen and oxygen atoms in total. The second-order valence-corrected chi connectivity index (χ2v) is 7.13. The van der Waals surface area contributed by atoms with Gasteiger partial charge in [-0.3, -0.25) is 4.79 Å². The maximum absolute atomic E-state index is 12.4. The number of sulfonamides is 1. The zero-order chi connectivity index (χ0) is 15.5. The molecular formula is C13H20N4O3S. The number of carbonyl (C=O) groups excluding carboxylic acids is 1. The SMILES string of the molecule is CC(C)=CC(=O)N1CCCN(S(=O)(=O)c2cnc[nH]2)CC1. The van der Waals surface area contributed by atoms with Crippen LogP contribution in [0.25, 0.3) is 0 Å². The van der Waals surface area contributed by atoms with Gasteiger partial charge < -0.3 is 9.88 Å². The molecule has 0 saturated carbocycles. The Morgan fingerprint density at radius 3 is 2.67 bits per heavy atom. The zero-order valence-electron chi connectivity index (χ0n) is 12.2. The highest BCUT2D eigenvalue weighted by Gasteiger charge is 2.28. The van der Waals surface area contributed by atoms with E-state index in [1.54, 1.807) is 11.0 Å². The highest BCUT2D eigenvalue weighted by atomic mass is 32.2. The molecule has 1 N–H and O–H groups in total. The van der Waals surface area contributed by atoms with Gasteiger partial charge in [-0.25, -0.2) is 13.4 Å². The third-order valence-corrected chi connectivity index (χ3v) is 5.09. The smallest absolute Gasteiger partial charge is 0.260 e. The highest BCUT2D eigenvalue weighted by molar-refractivity contribution is 7.89. The monoisotopic (exact) mass is 312 g/mol. The van der Waals surface area contributed by atoms with E-state index in [2.05, 4.69) is 9.97 Å². The summed E-state index contributed by atoms with van der Waals surface area (Å²) in [6, 6.07) is 0. The van der Waals surface area contributed by atoms with Gasteiger partial charge in [-0.15, -0.1) is 0 Å². The maximum atomic E-state index is 12.4. The van der Waals surface area contributed by atoms with Gasteiger partial charge in [0.05, 0.1) is 12.5 Å². The van der Waals surface area contributed by atoms with Gasteiger partial charge in [-0.2, -0.15) is 4.31 Å². The summed E-state index contributed by atoms with van der Waals surface area (Å²) in [7, 11) is -3.55. The summed E-state index contributed by atoms with van der Waals surface area (Å²) in [4.78, 5) is 20.1. The minimum atomic E-state index is -3.55. The van der Waals surface area contributed by atoms with Crippen LogP contribution in [0.4, 0.5) is 0 Å². The van der Waals surface area contributed by atoms with Gasteiger partial charge in [0.25, 0.3) is 10.0 Å². The van der Waals surface area contributed by atoms with Crippen LogP contribution in [0.3, 0.4) is 0 Å². The Morgan fingerprint density at radius 1 is 1.29 bits per heavy atom. The van der Waals surface area contributed by atoms with Gasteiger partial charge in [0, 0.05) is 32.3 Å². The van der Waals surface area contributed by atoms with E-state index in [9.17, 15) is 13.2 Å². The molecule has 2 rings (SSSR count). The first-order chi connectivity index (χ1) is 9.91. The van der Waals surface area contributed by atoms with E-state index in [0.29, 0.717) is 32.6 Å².